The van der Waals surface area contributed by atoms with Crippen molar-refractivity contribution in [2.75, 3.05) is 10.8 Å². The van der Waals surface area contributed by atoms with Crippen LogP contribution in [0, 0.1) is 20.8 Å². The molecule has 0 radical (unpaired) electrons. The molecule has 2 atom stereocenters. The Morgan fingerprint density at radius 3 is 2.23 bits per heavy atom. The first-order valence-electron chi connectivity index (χ1n) is 13.3. The van der Waals surface area contributed by atoms with Gasteiger partial charge in [-0.2, -0.15) is 0 Å². The minimum Gasteiger partial charge on any atom is -0.352 e. The first kappa shape index (κ1) is 31.4. The van der Waals surface area contributed by atoms with Gasteiger partial charge < -0.3 is 10.2 Å². The van der Waals surface area contributed by atoms with Gasteiger partial charge in [-0.3, -0.25) is 13.9 Å². The SMILES string of the molecule is CC[C@H](C)NC(=O)[C@@H](C)N(Cc1cccc(Br)c1)C(=O)CN(c1cccc(C)c1C)S(=O)(=O)c1ccc(C)cc1. The number of sulfonamides is 1. The van der Waals surface area contributed by atoms with E-state index in [0.717, 1.165) is 37.5 Å². The molecule has 0 spiro atoms. The monoisotopic (exact) mass is 627 g/mol. The quantitative estimate of drug-likeness (QED) is 0.287. The van der Waals surface area contributed by atoms with Crippen molar-refractivity contribution >= 4 is 43.5 Å². The van der Waals surface area contributed by atoms with Gasteiger partial charge >= 0.3 is 0 Å². The first-order valence-corrected chi connectivity index (χ1v) is 15.6. The summed E-state index contributed by atoms with van der Waals surface area (Å²) in [4.78, 5) is 28.8. The Hall–Kier alpha value is -3.17. The summed E-state index contributed by atoms with van der Waals surface area (Å²) in [5.74, 6) is -0.777. The third-order valence-corrected chi connectivity index (χ3v) is 9.41. The second-order valence-electron chi connectivity index (χ2n) is 10.2. The summed E-state index contributed by atoms with van der Waals surface area (Å²) >= 11 is 3.47. The molecular weight excluding hydrogens is 590 g/mol. The van der Waals surface area contributed by atoms with E-state index in [0.29, 0.717) is 5.69 Å². The molecule has 3 rings (SSSR count). The third-order valence-electron chi connectivity index (χ3n) is 7.14. The van der Waals surface area contributed by atoms with Crippen LogP contribution in [0.5, 0.6) is 0 Å². The normalized spacial score (nSPS) is 12.9. The summed E-state index contributed by atoms with van der Waals surface area (Å²) in [5.41, 5.74) is 3.82. The number of nitrogens with zero attached hydrogens (tertiary/aromatic N) is 2. The molecule has 0 aliphatic heterocycles. The lowest BCUT2D eigenvalue weighted by Gasteiger charge is -2.33. The van der Waals surface area contributed by atoms with Crippen LogP contribution in [0.2, 0.25) is 0 Å². The van der Waals surface area contributed by atoms with Gasteiger partial charge in [0.1, 0.15) is 12.6 Å². The van der Waals surface area contributed by atoms with E-state index < -0.39 is 28.5 Å². The molecule has 1 N–H and O–H groups in total. The molecule has 9 heteroatoms. The Balaban J connectivity index is 2.07. The number of hydrogen-bond acceptors (Lipinski definition) is 4. The first-order chi connectivity index (χ1) is 18.8. The van der Waals surface area contributed by atoms with Crippen LogP contribution in [0.15, 0.2) is 76.1 Å². The number of halogens is 1. The number of benzene rings is 3. The summed E-state index contributed by atoms with van der Waals surface area (Å²) in [6, 6.07) is 18.5. The third kappa shape index (κ3) is 7.52. The van der Waals surface area contributed by atoms with E-state index in [9.17, 15) is 18.0 Å². The van der Waals surface area contributed by atoms with E-state index in [-0.39, 0.29) is 23.4 Å². The Kier molecular flexibility index (Phi) is 10.6. The molecular formula is C31H38BrN3O4S. The van der Waals surface area contributed by atoms with Gasteiger partial charge in [0.2, 0.25) is 11.8 Å². The van der Waals surface area contributed by atoms with Gasteiger partial charge in [0.15, 0.2) is 0 Å². The lowest BCUT2D eigenvalue weighted by Crippen LogP contribution is -2.52. The number of nitrogens with one attached hydrogen (secondary N) is 1. The molecule has 0 heterocycles. The fraction of sp³-hybridized carbons (Fsp3) is 0.355. The van der Waals surface area contributed by atoms with Gasteiger partial charge in [0.05, 0.1) is 10.6 Å². The number of rotatable bonds is 11. The van der Waals surface area contributed by atoms with Crippen molar-refractivity contribution in [3.05, 3.63) is 93.5 Å². The minimum absolute atomic E-state index is 0.0638. The second kappa shape index (κ2) is 13.5. The number of carbonyl (C=O) groups is 2. The Morgan fingerprint density at radius 2 is 1.60 bits per heavy atom. The van der Waals surface area contributed by atoms with Crippen LogP contribution >= 0.6 is 15.9 Å². The second-order valence-corrected chi connectivity index (χ2v) is 13.0. The van der Waals surface area contributed by atoms with Crippen molar-refractivity contribution in [1.29, 1.82) is 0 Å². The zero-order chi connectivity index (χ0) is 29.6. The van der Waals surface area contributed by atoms with Gasteiger partial charge in [-0.15, -0.1) is 0 Å². The van der Waals surface area contributed by atoms with Crippen LogP contribution in [0.3, 0.4) is 0 Å². The molecule has 2 amide bonds. The van der Waals surface area contributed by atoms with Gasteiger partial charge in [-0.1, -0.05) is 64.8 Å². The van der Waals surface area contributed by atoms with E-state index in [2.05, 4.69) is 21.2 Å². The zero-order valence-corrected chi connectivity index (χ0v) is 26.3. The number of carbonyl (C=O) groups excluding carboxylic acids is 2. The largest absolute Gasteiger partial charge is 0.352 e. The van der Waals surface area contributed by atoms with Crippen LogP contribution in [0.4, 0.5) is 5.69 Å². The van der Waals surface area contributed by atoms with Crippen LogP contribution in [-0.4, -0.2) is 43.8 Å². The summed E-state index contributed by atoms with van der Waals surface area (Å²) in [6.07, 6.45) is 0.743. The maximum atomic E-state index is 14.1. The standard InChI is InChI=1S/C31H38BrN3O4S/c1-7-23(4)33-31(37)25(6)34(19-26-11-9-12-27(32)18-26)30(36)20-35(29-13-8-10-22(3)24(29)5)40(38,39)28-16-14-21(2)15-17-28/h8-18,23,25H,7,19-20H2,1-6H3,(H,33,37)/t23-,25+/m0/s1. The van der Waals surface area contributed by atoms with Gasteiger partial charge in [0, 0.05) is 17.1 Å². The lowest BCUT2D eigenvalue weighted by atomic mass is 10.1. The molecule has 7 nitrogen and oxygen atoms in total. The smallest absolute Gasteiger partial charge is 0.264 e. The van der Waals surface area contributed by atoms with Crippen molar-refractivity contribution in [1.82, 2.24) is 10.2 Å². The fourth-order valence-corrected chi connectivity index (χ4v) is 6.16. The van der Waals surface area contributed by atoms with E-state index >= 15 is 0 Å². The maximum Gasteiger partial charge on any atom is 0.264 e. The van der Waals surface area contributed by atoms with Crippen molar-refractivity contribution in [2.24, 2.45) is 0 Å². The summed E-state index contributed by atoms with van der Waals surface area (Å²) in [6.45, 7) is 10.8. The zero-order valence-electron chi connectivity index (χ0n) is 23.9. The Labute approximate surface area is 246 Å². The van der Waals surface area contributed by atoms with Crippen molar-refractivity contribution in [3.63, 3.8) is 0 Å². The van der Waals surface area contributed by atoms with Crippen LogP contribution in [-0.2, 0) is 26.2 Å². The molecule has 0 bridgehead atoms. The number of anilines is 1. The maximum absolute atomic E-state index is 14.1. The molecule has 0 unspecified atom stereocenters. The highest BCUT2D eigenvalue weighted by Gasteiger charge is 2.33. The van der Waals surface area contributed by atoms with Crippen molar-refractivity contribution in [2.45, 2.75) is 71.5 Å². The van der Waals surface area contributed by atoms with Gasteiger partial charge in [0.25, 0.3) is 10.0 Å². The van der Waals surface area contributed by atoms with Crippen LogP contribution < -0.4 is 9.62 Å². The number of hydrogen-bond donors (Lipinski definition) is 1. The van der Waals surface area contributed by atoms with Crippen molar-refractivity contribution in [3.8, 4) is 0 Å². The van der Waals surface area contributed by atoms with E-state index in [1.165, 1.54) is 4.90 Å². The molecule has 3 aromatic rings. The number of aryl methyl sites for hydroxylation is 2. The highest BCUT2D eigenvalue weighted by atomic mass is 79.9. The van der Waals surface area contributed by atoms with Gasteiger partial charge in [-0.25, -0.2) is 8.42 Å². The molecule has 40 heavy (non-hydrogen) atoms. The average molecular weight is 629 g/mol. The summed E-state index contributed by atoms with van der Waals surface area (Å²) < 4.78 is 30.1. The molecule has 0 saturated carbocycles. The number of amides is 2. The molecule has 0 saturated heterocycles. The molecule has 0 aromatic heterocycles. The summed E-state index contributed by atoms with van der Waals surface area (Å²) in [7, 11) is -4.11. The molecule has 0 fully saturated rings. The lowest BCUT2D eigenvalue weighted by molar-refractivity contribution is -0.139. The Morgan fingerprint density at radius 1 is 0.950 bits per heavy atom. The van der Waals surface area contributed by atoms with Gasteiger partial charge in [-0.05, 0) is 88.1 Å². The van der Waals surface area contributed by atoms with E-state index in [1.807, 2.05) is 65.0 Å². The molecule has 0 aliphatic rings. The molecule has 214 valence electrons. The molecule has 3 aromatic carbocycles. The average Bonchev–Trinajstić information content (AvgIpc) is 2.91. The predicted octanol–water partition coefficient (Wildman–Crippen LogP) is 5.90. The molecule has 0 aliphatic carbocycles. The van der Waals surface area contributed by atoms with E-state index in [1.54, 1.807) is 43.3 Å². The minimum atomic E-state index is -4.11. The van der Waals surface area contributed by atoms with E-state index in [4.69, 9.17) is 0 Å². The van der Waals surface area contributed by atoms with Crippen LogP contribution in [0.1, 0.15) is 49.4 Å². The van der Waals surface area contributed by atoms with Crippen molar-refractivity contribution < 1.29 is 18.0 Å². The Bertz CT molecular complexity index is 1460. The predicted molar refractivity (Wildman–Crippen MR) is 164 cm³/mol. The topological polar surface area (TPSA) is 86.8 Å². The highest BCUT2D eigenvalue weighted by Crippen LogP contribution is 2.29. The highest BCUT2D eigenvalue weighted by molar-refractivity contribution is 9.10. The van der Waals surface area contributed by atoms with Crippen LogP contribution in [0.25, 0.3) is 0 Å². The summed E-state index contributed by atoms with van der Waals surface area (Å²) in [5, 5.41) is 2.95. The fourth-order valence-electron chi connectivity index (χ4n) is 4.24.